The molecule has 0 fully saturated rings. The highest BCUT2D eigenvalue weighted by Gasteiger charge is 2.15. The third kappa shape index (κ3) is 3.93. The third-order valence-corrected chi connectivity index (χ3v) is 4.05. The van der Waals surface area contributed by atoms with E-state index in [-0.39, 0.29) is 11.2 Å². The van der Waals surface area contributed by atoms with Gasteiger partial charge in [-0.05, 0) is 31.2 Å². The van der Waals surface area contributed by atoms with Crippen LogP contribution in [0.15, 0.2) is 34.7 Å². The molecule has 0 saturated carbocycles. The number of thioether (sulfide) groups is 1. The number of methoxy groups -OCH3 is 1. The van der Waals surface area contributed by atoms with E-state index in [4.69, 9.17) is 4.74 Å². The fraction of sp³-hybridized carbons (Fsp3) is 0.250. The molecule has 1 unspecified atom stereocenters. The standard InChI is InChI=1S/C12H13N3O2S2/c1-8(11(16)14-12-15-13-7-18-12)19-10-5-3-9(17-2)4-6-10/h3-8H,1-2H3,(H,14,15,16). The van der Waals surface area contributed by atoms with Crippen LogP contribution in [0.25, 0.3) is 0 Å². The number of benzene rings is 1. The molecule has 1 aromatic heterocycles. The van der Waals surface area contributed by atoms with Crippen molar-refractivity contribution in [1.29, 1.82) is 0 Å². The van der Waals surface area contributed by atoms with Gasteiger partial charge in [-0.3, -0.25) is 10.1 Å². The Morgan fingerprint density at radius 1 is 1.42 bits per heavy atom. The molecule has 1 aromatic carbocycles. The van der Waals surface area contributed by atoms with Crippen LogP contribution in [-0.4, -0.2) is 28.5 Å². The van der Waals surface area contributed by atoms with Gasteiger partial charge in [-0.2, -0.15) is 0 Å². The van der Waals surface area contributed by atoms with Gasteiger partial charge in [-0.25, -0.2) is 0 Å². The fourth-order valence-corrected chi connectivity index (χ4v) is 2.66. The second kappa shape index (κ2) is 6.53. The smallest absolute Gasteiger partial charge is 0.239 e. The molecule has 0 radical (unpaired) electrons. The Balaban J connectivity index is 1.92. The average molecular weight is 295 g/mol. The number of hydrogen-bond acceptors (Lipinski definition) is 6. The topological polar surface area (TPSA) is 64.1 Å². The molecule has 2 rings (SSSR count). The van der Waals surface area contributed by atoms with Crippen molar-refractivity contribution in [1.82, 2.24) is 10.2 Å². The highest BCUT2D eigenvalue weighted by atomic mass is 32.2. The molecule has 1 N–H and O–H groups in total. The Bertz CT molecular complexity index is 528. The van der Waals surface area contributed by atoms with Crippen molar-refractivity contribution in [3.8, 4) is 5.75 Å². The maximum absolute atomic E-state index is 11.9. The molecule has 0 bridgehead atoms. The van der Waals surface area contributed by atoms with Gasteiger partial charge >= 0.3 is 0 Å². The average Bonchev–Trinajstić information content (AvgIpc) is 2.92. The Kier molecular flexibility index (Phi) is 4.75. The van der Waals surface area contributed by atoms with Crippen LogP contribution in [-0.2, 0) is 4.79 Å². The number of carbonyl (C=O) groups excluding carboxylic acids is 1. The largest absolute Gasteiger partial charge is 0.497 e. The SMILES string of the molecule is COc1ccc(SC(C)C(=O)Nc2nncs2)cc1. The van der Waals surface area contributed by atoms with E-state index < -0.39 is 0 Å². The summed E-state index contributed by atoms with van der Waals surface area (Å²) in [6.45, 7) is 1.85. The Morgan fingerprint density at radius 2 is 2.16 bits per heavy atom. The Morgan fingerprint density at radius 3 is 2.74 bits per heavy atom. The number of rotatable bonds is 5. The van der Waals surface area contributed by atoms with E-state index in [0.717, 1.165) is 10.6 Å². The maximum Gasteiger partial charge on any atom is 0.239 e. The zero-order valence-electron chi connectivity index (χ0n) is 10.5. The van der Waals surface area contributed by atoms with Gasteiger partial charge in [0.1, 0.15) is 11.3 Å². The molecule has 100 valence electrons. The minimum absolute atomic E-state index is 0.0856. The van der Waals surface area contributed by atoms with Crippen molar-refractivity contribution < 1.29 is 9.53 Å². The first-order valence-electron chi connectivity index (χ1n) is 5.57. The molecule has 0 aliphatic rings. The lowest BCUT2D eigenvalue weighted by atomic mass is 10.3. The Hall–Kier alpha value is -1.60. The zero-order valence-corrected chi connectivity index (χ0v) is 12.1. The normalized spacial score (nSPS) is 11.9. The van der Waals surface area contributed by atoms with Crippen molar-refractivity contribution in [3.63, 3.8) is 0 Å². The lowest BCUT2D eigenvalue weighted by molar-refractivity contribution is -0.115. The van der Waals surface area contributed by atoms with Gasteiger partial charge in [0.15, 0.2) is 0 Å². The quantitative estimate of drug-likeness (QED) is 0.859. The van der Waals surface area contributed by atoms with E-state index in [1.54, 1.807) is 12.6 Å². The molecule has 19 heavy (non-hydrogen) atoms. The number of nitrogens with zero attached hydrogens (tertiary/aromatic N) is 2. The molecule has 1 atom stereocenters. The predicted octanol–water partition coefficient (Wildman–Crippen LogP) is 2.67. The van der Waals surface area contributed by atoms with Crippen LogP contribution in [0.5, 0.6) is 5.75 Å². The van der Waals surface area contributed by atoms with Crippen LogP contribution >= 0.6 is 23.1 Å². The second-order valence-electron chi connectivity index (χ2n) is 3.67. The minimum atomic E-state index is -0.211. The molecule has 0 saturated heterocycles. The molecule has 1 amide bonds. The number of ether oxygens (including phenoxy) is 1. The van der Waals surface area contributed by atoms with Crippen LogP contribution in [0.4, 0.5) is 5.13 Å². The Labute approximate surface area is 119 Å². The summed E-state index contributed by atoms with van der Waals surface area (Å²) in [4.78, 5) is 12.9. The number of carbonyl (C=O) groups is 1. The molecule has 5 nitrogen and oxygen atoms in total. The van der Waals surface area contributed by atoms with E-state index in [9.17, 15) is 4.79 Å². The summed E-state index contributed by atoms with van der Waals surface area (Å²) in [5, 5.41) is 10.5. The van der Waals surface area contributed by atoms with Crippen LogP contribution in [0.2, 0.25) is 0 Å². The van der Waals surface area contributed by atoms with E-state index in [2.05, 4.69) is 15.5 Å². The second-order valence-corrected chi connectivity index (χ2v) is 5.92. The summed E-state index contributed by atoms with van der Waals surface area (Å²) in [7, 11) is 1.63. The van der Waals surface area contributed by atoms with Gasteiger partial charge in [0.25, 0.3) is 0 Å². The molecule has 7 heteroatoms. The summed E-state index contributed by atoms with van der Waals surface area (Å²) in [5.41, 5.74) is 1.58. The summed E-state index contributed by atoms with van der Waals surface area (Å²) in [6, 6.07) is 7.60. The summed E-state index contributed by atoms with van der Waals surface area (Å²) in [6.07, 6.45) is 0. The number of hydrogen-bond donors (Lipinski definition) is 1. The third-order valence-electron chi connectivity index (χ3n) is 2.33. The van der Waals surface area contributed by atoms with Crippen LogP contribution < -0.4 is 10.1 Å². The molecular formula is C12H13N3O2S2. The summed E-state index contributed by atoms with van der Waals surface area (Å²) in [5.74, 6) is 0.716. The number of amides is 1. The van der Waals surface area contributed by atoms with Crippen LogP contribution in [0.1, 0.15) is 6.92 Å². The van der Waals surface area contributed by atoms with Crippen molar-refractivity contribution in [3.05, 3.63) is 29.8 Å². The number of nitrogens with one attached hydrogen (secondary N) is 1. The summed E-state index contributed by atoms with van der Waals surface area (Å²) >= 11 is 2.78. The molecule has 0 spiro atoms. The number of anilines is 1. The van der Waals surface area contributed by atoms with Crippen molar-refractivity contribution in [2.24, 2.45) is 0 Å². The van der Waals surface area contributed by atoms with Gasteiger partial charge in [-0.15, -0.1) is 22.0 Å². The monoisotopic (exact) mass is 295 g/mol. The first kappa shape index (κ1) is 13.8. The summed E-state index contributed by atoms with van der Waals surface area (Å²) < 4.78 is 5.09. The van der Waals surface area contributed by atoms with Crippen LogP contribution in [0.3, 0.4) is 0 Å². The van der Waals surface area contributed by atoms with Crippen molar-refractivity contribution >= 4 is 34.1 Å². The zero-order chi connectivity index (χ0) is 13.7. The van der Waals surface area contributed by atoms with Gasteiger partial charge in [-0.1, -0.05) is 11.3 Å². The van der Waals surface area contributed by atoms with E-state index in [1.165, 1.54) is 23.1 Å². The molecule has 0 aliphatic carbocycles. The van der Waals surface area contributed by atoms with Gasteiger partial charge in [0.05, 0.1) is 12.4 Å². The van der Waals surface area contributed by atoms with Crippen molar-refractivity contribution in [2.75, 3.05) is 12.4 Å². The predicted molar refractivity (Wildman–Crippen MR) is 76.9 cm³/mol. The van der Waals surface area contributed by atoms with Crippen molar-refractivity contribution in [2.45, 2.75) is 17.1 Å². The first-order chi connectivity index (χ1) is 9.19. The highest BCUT2D eigenvalue weighted by molar-refractivity contribution is 8.00. The van der Waals surface area contributed by atoms with Gasteiger partial charge in [0, 0.05) is 4.90 Å². The fourth-order valence-electron chi connectivity index (χ4n) is 1.35. The lowest BCUT2D eigenvalue weighted by Crippen LogP contribution is -2.22. The van der Waals surface area contributed by atoms with Crippen LogP contribution in [0, 0.1) is 0 Å². The molecular weight excluding hydrogens is 282 g/mol. The van der Waals surface area contributed by atoms with E-state index in [1.807, 2.05) is 31.2 Å². The molecule has 1 heterocycles. The number of aromatic nitrogens is 2. The van der Waals surface area contributed by atoms with Gasteiger partial charge in [0.2, 0.25) is 11.0 Å². The van der Waals surface area contributed by atoms with E-state index >= 15 is 0 Å². The molecule has 0 aliphatic heterocycles. The highest BCUT2D eigenvalue weighted by Crippen LogP contribution is 2.26. The minimum Gasteiger partial charge on any atom is -0.497 e. The maximum atomic E-state index is 11.9. The molecule has 2 aromatic rings. The first-order valence-corrected chi connectivity index (χ1v) is 7.32. The lowest BCUT2D eigenvalue weighted by Gasteiger charge is -2.10. The van der Waals surface area contributed by atoms with E-state index in [0.29, 0.717) is 5.13 Å². The van der Waals surface area contributed by atoms with Gasteiger partial charge < -0.3 is 4.74 Å².